The summed E-state index contributed by atoms with van der Waals surface area (Å²) in [5.74, 6) is -0.0133. The molecule has 0 atom stereocenters. The molecule has 3 heterocycles. The molecule has 0 radical (unpaired) electrons. The molecule has 1 aromatic heterocycles. The van der Waals surface area contributed by atoms with Crippen LogP contribution in [0.4, 0.5) is 5.69 Å². The van der Waals surface area contributed by atoms with Crippen LogP contribution >= 0.6 is 15.9 Å². The van der Waals surface area contributed by atoms with Crippen LogP contribution in [0, 0.1) is 0 Å². The number of carbonyl (C=O) groups excluding carboxylic acids is 1. The van der Waals surface area contributed by atoms with Gasteiger partial charge in [-0.05, 0) is 52.2 Å². The van der Waals surface area contributed by atoms with Crippen LogP contribution < -0.4 is 4.31 Å². The molecule has 0 fully saturated rings. The van der Waals surface area contributed by atoms with Gasteiger partial charge in [-0.15, -0.1) is 0 Å². The van der Waals surface area contributed by atoms with Crippen LogP contribution in [0.3, 0.4) is 0 Å². The fourth-order valence-corrected chi connectivity index (χ4v) is 5.83. The summed E-state index contributed by atoms with van der Waals surface area (Å²) in [5, 5.41) is 1.14. The molecule has 2 aromatic carbocycles. The van der Waals surface area contributed by atoms with E-state index in [-0.39, 0.29) is 5.91 Å². The highest BCUT2D eigenvalue weighted by atomic mass is 79.9. The van der Waals surface area contributed by atoms with Gasteiger partial charge in [-0.25, -0.2) is 8.42 Å². The lowest BCUT2D eigenvalue weighted by molar-refractivity contribution is 0.0735. The first-order valence-corrected chi connectivity index (χ1v) is 12.1. The van der Waals surface area contributed by atoms with Gasteiger partial charge in [0.25, 0.3) is 5.91 Å². The number of para-hydroxylation sites is 1. The molecule has 0 aliphatic carbocycles. The maximum atomic E-state index is 13.2. The minimum Gasteiger partial charge on any atom is -0.357 e. The van der Waals surface area contributed by atoms with Crippen LogP contribution in [-0.4, -0.2) is 43.6 Å². The first kappa shape index (κ1) is 18.7. The van der Waals surface area contributed by atoms with E-state index in [0.717, 1.165) is 27.4 Å². The molecule has 1 amide bonds. The van der Waals surface area contributed by atoms with Crippen molar-refractivity contribution in [2.45, 2.75) is 19.4 Å². The number of carbonyl (C=O) groups is 1. The molecular formula is C21H20BrN3O3S. The third-order valence-corrected chi connectivity index (χ3v) is 7.67. The predicted molar refractivity (Wildman–Crippen MR) is 117 cm³/mol. The number of halogens is 1. The van der Waals surface area contributed by atoms with Gasteiger partial charge in [-0.1, -0.05) is 12.1 Å². The molecule has 8 heteroatoms. The number of amides is 1. The standard InChI is InChI=1S/C21H20BrN3O3S/c1-29(27,28)25-10-7-13-11-14(5-6-19(13)25)21(26)24-9-8-18-16(12-24)15-3-2-4-17(22)20(15)23-18/h2-6,11,23H,7-10,12H2,1H3. The van der Waals surface area contributed by atoms with Crippen molar-refractivity contribution < 1.29 is 13.2 Å². The third-order valence-electron chi connectivity index (χ3n) is 5.83. The van der Waals surface area contributed by atoms with E-state index in [9.17, 15) is 13.2 Å². The molecule has 0 spiro atoms. The predicted octanol–water partition coefficient (Wildman–Crippen LogP) is 3.45. The van der Waals surface area contributed by atoms with Crippen molar-refractivity contribution >= 4 is 48.5 Å². The number of H-pyrrole nitrogens is 1. The smallest absolute Gasteiger partial charge is 0.254 e. The second kappa shape index (κ2) is 6.60. The number of aromatic nitrogens is 1. The number of nitrogens with one attached hydrogen (secondary N) is 1. The Labute approximate surface area is 177 Å². The molecule has 0 unspecified atom stereocenters. The Hall–Kier alpha value is -2.32. The van der Waals surface area contributed by atoms with Gasteiger partial charge in [0.15, 0.2) is 0 Å². The molecule has 29 heavy (non-hydrogen) atoms. The van der Waals surface area contributed by atoms with Crippen molar-refractivity contribution in [2.24, 2.45) is 0 Å². The highest BCUT2D eigenvalue weighted by molar-refractivity contribution is 9.10. The highest BCUT2D eigenvalue weighted by Gasteiger charge is 2.29. The Bertz CT molecular complexity index is 1270. The summed E-state index contributed by atoms with van der Waals surface area (Å²) in [6.45, 7) is 1.66. The molecule has 0 bridgehead atoms. The van der Waals surface area contributed by atoms with E-state index in [1.807, 2.05) is 23.1 Å². The first-order valence-electron chi connectivity index (χ1n) is 9.51. The monoisotopic (exact) mass is 473 g/mol. The fraction of sp³-hybridized carbons (Fsp3) is 0.286. The summed E-state index contributed by atoms with van der Waals surface area (Å²) in [6, 6.07) is 11.5. The van der Waals surface area contributed by atoms with Crippen molar-refractivity contribution in [3.63, 3.8) is 0 Å². The lowest BCUT2D eigenvalue weighted by Crippen LogP contribution is -2.35. The second-order valence-corrected chi connectivity index (χ2v) is 10.4. The SMILES string of the molecule is CS(=O)(=O)N1CCc2cc(C(=O)N3CCc4[nH]c5c(Br)cccc5c4C3)ccc21. The van der Waals surface area contributed by atoms with Crippen LogP contribution in [0.15, 0.2) is 40.9 Å². The number of anilines is 1. The topological polar surface area (TPSA) is 73.5 Å². The van der Waals surface area contributed by atoms with Crippen molar-refractivity contribution in [2.75, 3.05) is 23.7 Å². The van der Waals surface area contributed by atoms with Gasteiger partial charge in [0, 0.05) is 52.7 Å². The molecule has 0 saturated heterocycles. The van der Waals surface area contributed by atoms with Crippen molar-refractivity contribution in [1.29, 1.82) is 0 Å². The molecule has 1 N–H and O–H groups in total. The van der Waals surface area contributed by atoms with E-state index in [2.05, 4.69) is 27.0 Å². The van der Waals surface area contributed by atoms with E-state index < -0.39 is 10.0 Å². The van der Waals surface area contributed by atoms with Gasteiger partial charge < -0.3 is 9.88 Å². The normalized spacial score (nSPS) is 16.2. The minimum atomic E-state index is -3.29. The molecule has 0 saturated carbocycles. The van der Waals surface area contributed by atoms with Gasteiger partial charge in [0.05, 0.1) is 17.5 Å². The first-order chi connectivity index (χ1) is 13.8. The summed E-state index contributed by atoms with van der Waals surface area (Å²) in [5.41, 5.74) is 5.65. The van der Waals surface area contributed by atoms with E-state index in [1.54, 1.807) is 12.1 Å². The Morgan fingerprint density at radius 2 is 1.97 bits per heavy atom. The lowest BCUT2D eigenvalue weighted by atomic mass is 10.0. The van der Waals surface area contributed by atoms with Crippen LogP contribution in [0.1, 0.15) is 27.2 Å². The molecule has 150 valence electrons. The Balaban J connectivity index is 1.44. The van der Waals surface area contributed by atoms with E-state index >= 15 is 0 Å². The fourth-order valence-electron chi connectivity index (χ4n) is 4.41. The third kappa shape index (κ3) is 3.05. The lowest BCUT2D eigenvalue weighted by Gasteiger charge is -2.27. The van der Waals surface area contributed by atoms with E-state index in [1.165, 1.54) is 21.8 Å². The number of nitrogens with zero attached hydrogens (tertiary/aromatic N) is 2. The average molecular weight is 474 g/mol. The number of hydrogen-bond acceptors (Lipinski definition) is 3. The van der Waals surface area contributed by atoms with Crippen LogP contribution in [0.5, 0.6) is 0 Å². The molecular weight excluding hydrogens is 454 g/mol. The zero-order valence-corrected chi connectivity index (χ0v) is 18.3. The largest absolute Gasteiger partial charge is 0.357 e. The number of hydrogen-bond donors (Lipinski definition) is 1. The Kier molecular flexibility index (Phi) is 4.25. The van der Waals surface area contributed by atoms with E-state index in [4.69, 9.17) is 0 Å². The summed E-state index contributed by atoms with van der Waals surface area (Å²) >= 11 is 3.59. The number of sulfonamides is 1. The van der Waals surface area contributed by atoms with Crippen LogP contribution in [0.25, 0.3) is 10.9 Å². The molecule has 2 aliphatic heterocycles. The zero-order chi connectivity index (χ0) is 20.3. The Morgan fingerprint density at radius 1 is 1.14 bits per heavy atom. The quantitative estimate of drug-likeness (QED) is 0.619. The number of aromatic amines is 1. The number of benzene rings is 2. The second-order valence-electron chi connectivity index (χ2n) is 7.65. The summed E-state index contributed by atoms with van der Waals surface area (Å²) < 4.78 is 26.3. The Morgan fingerprint density at radius 3 is 2.76 bits per heavy atom. The van der Waals surface area contributed by atoms with Crippen molar-refractivity contribution in [3.8, 4) is 0 Å². The minimum absolute atomic E-state index is 0.0133. The van der Waals surface area contributed by atoms with Gasteiger partial charge in [0.1, 0.15) is 0 Å². The number of rotatable bonds is 2. The molecule has 3 aromatic rings. The number of fused-ring (bicyclic) bond motifs is 4. The maximum absolute atomic E-state index is 13.2. The van der Waals surface area contributed by atoms with Crippen LogP contribution in [-0.2, 0) is 29.4 Å². The van der Waals surface area contributed by atoms with Crippen LogP contribution in [0.2, 0.25) is 0 Å². The van der Waals surface area contributed by atoms with E-state index in [0.29, 0.717) is 37.3 Å². The zero-order valence-electron chi connectivity index (χ0n) is 15.9. The van der Waals surface area contributed by atoms with Crippen molar-refractivity contribution in [1.82, 2.24) is 9.88 Å². The summed E-state index contributed by atoms with van der Waals surface area (Å²) in [4.78, 5) is 18.6. The van der Waals surface area contributed by atoms with Gasteiger partial charge in [-0.2, -0.15) is 0 Å². The molecule has 2 aliphatic rings. The maximum Gasteiger partial charge on any atom is 0.254 e. The molecule has 6 nitrogen and oxygen atoms in total. The van der Waals surface area contributed by atoms with Gasteiger partial charge >= 0.3 is 0 Å². The highest BCUT2D eigenvalue weighted by Crippen LogP contribution is 2.34. The summed E-state index contributed by atoms with van der Waals surface area (Å²) in [6.07, 6.45) is 2.63. The van der Waals surface area contributed by atoms with Gasteiger partial charge in [-0.3, -0.25) is 9.10 Å². The summed E-state index contributed by atoms with van der Waals surface area (Å²) in [7, 11) is -3.29. The average Bonchev–Trinajstić information content (AvgIpc) is 3.28. The molecule has 5 rings (SSSR count). The van der Waals surface area contributed by atoms with Gasteiger partial charge in [0.2, 0.25) is 10.0 Å². The van der Waals surface area contributed by atoms with Crippen molar-refractivity contribution in [3.05, 3.63) is 63.3 Å².